The fourth-order valence-corrected chi connectivity index (χ4v) is 4.24. The lowest BCUT2D eigenvalue weighted by atomic mass is 9.98. The first kappa shape index (κ1) is 12.3. The van der Waals surface area contributed by atoms with Crippen LogP contribution in [-0.4, -0.2) is 23.6 Å². The Hall–Kier alpha value is -0.200. The van der Waals surface area contributed by atoms with Crippen LogP contribution in [0.3, 0.4) is 0 Å². The Kier molecular flexibility index (Phi) is 4.16. The third-order valence-electron chi connectivity index (χ3n) is 4.02. The number of nitriles is 1. The van der Waals surface area contributed by atoms with Crippen molar-refractivity contribution in [1.29, 1.82) is 5.26 Å². The Morgan fingerprint density at radius 3 is 2.44 bits per heavy atom. The van der Waals surface area contributed by atoms with Crippen molar-refractivity contribution in [2.24, 2.45) is 5.92 Å². The zero-order valence-electron chi connectivity index (χ0n) is 10.2. The monoisotopic (exact) mass is 238 g/mol. The molecule has 0 aromatic carbocycles. The summed E-state index contributed by atoms with van der Waals surface area (Å²) in [7, 11) is 1.95. The van der Waals surface area contributed by atoms with Crippen molar-refractivity contribution in [2.45, 2.75) is 55.7 Å². The van der Waals surface area contributed by atoms with E-state index < -0.39 is 0 Å². The predicted molar refractivity (Wildman–Crippen MR) is 69.5 cm³/mol. The standard InChI is InChI=1S/C13H22N2S/c1-15-13(9-14,11-7-8-11)10-16-12-5-3-2-4-6-12/h11-12,15H,2-8,10H2,1H3. The van der Waals surface area contributed by atoms with Gasteiger partial charge in [-0.1, -0.05) is 19.3 Å². The van der Waals surface area contributed by atoms with Crippen LogP contribution in [0.1, 0.15) is 44.9 Å². The Labute approximate surface area is 103 Å². The lowest BCUT2D eigenvalue weighted by molar-refractivity contribution is 0.438. The van der Waals surface area contributed by atoms with E-state index in [2.05, 4.69) is 11.4 Å². The van der Waals surface area contributed by atoms with Crippen molar-refractivity contribution in [3.05, 3.63) is 0 Å². The minimum atomic E-state index is -0.234. The molecule has 1 atom stereocenters. The van der Waals surface area contributed by atoms with E-state index in [1.165, 1.54) is 44.9 Å². The van der Waals surface area contributed by atoms with Crippen LogP contribution in [0.25, 0.3) is 0 Å². The van der Waals surface area contributed by atoms with E-state index in [0.717, 1.165) is 11.0 Å². The first-order valence-electron chi connectivity index (χ1n) is 6.52. The highest BCUT2D eigenvalue weighted by molar-refractivity contribution is 8.00. The normalized spacial score (nSPS) is 26.0. The maximum absolute atomic E-state index is 9.39. The largest absolute Gasteiger partial charge is 0.302 e. The molecule has 0 radical (unpaired) electrons. The molecule has 16 heavy (non-hydrogen) atoms. The maximum Gasteiger partial charge on any atom is 0.118 e. The number of nitrogens with one attached hydrogen (secondary N) is 1. The number of nitrogens with zero attached hydrogens (tertiary/aromatic N) is 1. The van der Waals surface area contributed by atoms with Gasteiger partial charge in [-0.2, -0.15) is 17.0 Å². The second-order valence-electron chi connectivity index (χ2n) is 5.18. The highest BCUT2D eigenvalue weighted by Gasteiger charge is 2.44. The van der Waals surface area contributed by atoms with Gasteiger partial charge in [0.1, 0.15) is 5.54 Å². The van der Waals surface area contributed by atoms with Gasteiger partial charge >= 0.3 is 0 Å². The Balaban J connectivity index is 1.83. The molecule has 0 saturated heterocycles. The van der Waals surface area contributed by atoms with Crippen molar-refractivity contribution < 1.29 is 0 Å². The van der Waals surface area contributed by atoms with E-state index in [1.54, 1.807) is 0 Å². The SMILES string of the molecule is CNC(C#N)(CSC1CCCCC1)C1CC1. The molecule has 2 fully saturated rings. The smallest absolute Gasteiger partial charge is 0.118 e. The molecule has 2 aliphatic rings. The molecule has 90 valence electrons. The van der Waals surface area contributed by atoms with Crippen LogP contribution in [0, 0.1) is 17.2 Å². The average Bonchev–Trinajstić information content (AvgIpc) is 3.17. The van der Waals surface area contributed by atoms with Gasteiger partial charge < -0.3 is 5.32 Å². The van der Waals surface area contributed by atoms with E-state index in [9.17, 15) is 5.26 Å². The van der Waals surface area contributed by atoms with Gasteiger partial charge in [-0.05, 0) is 38.6 Å². The first-order chi connectivity index (χ1) is 7.80. The molecule has 3 heteroatoms. The molecule has 2 nitrogen and oxygen atoms in total. The fraction of sp³-hybridized carbons (Fsp3) is 0.923. The van der Waals surface area contributed by atoms with Crippen LogP contribution >= 0.6 is 11.8 Å². The second kappa shape index (κ2) is 5.42. The van der Waals surface area contributed by atoms with Crippen molar-refractivity contribution in [3.63, 3.8) is 0 Å². The van der Waals surface area contributed by atoms with Crippen LogP contribution in [0.4, 0.5) is 0 Å². The van der Waals surface area contributed by atoms with Crippen LogP contribution < -0.4 is 5.32 Å². The zero-order valence-corrected chi connectivity index (χ0v) is 11.0. The molecular formula is C13H22N2S. The number of thioether (sulfide) groups is 1. The molecule has 1 N–H and O–H groups in total. The summed E-state index contributed by atoms with van der Waals surface area (Å²) in [5, 5.41) is 13.5. The fourth-order valence-electron chi connectivity index (χ4n) is 2.63. The maximum atomic E-state index is 9.39. The topological polar surface area (TPSA) is 35.8 Å². The van der Waals surface area contributed by atoms with Crippen molar-refractivity contribution in [1.82, 2.24) is 5.32 Å². The summed E-state index contributed by atoms with van der Waals surface area (Å²) in [5.41, 5.74) is -0.234. The van der Waals surface area contributed by atoms with Crippen LogP contribution in [0.2, 0.25) is 0 Å². The van der Waals surface area contributed by atoms with Gasteiger partial charge in [0.15, 0.2) is 0 Å². The highest BCUT2D eigenvalue weighted by Crippen LogP contribution is 2.42. The van der Waals surface area contributed by atoms with Crippen molar-refractivity contribution in [3.8, 4) is 6.07 Å². The molecule has 0 amide bonds. The lowest BCUT2D eigenvalue weighted by Gasteiger charge is -2.29. The van der Waals surface area contributed by atoms with Gasteiger partial charge in [-0.3, -0.25) is 0 Å². The third-order valence-corrected chi connectivity index (χ3v) is 5.58. The first-order valence-corrected chi connectivity index (χ1v) is 7.57. The summed E-state index contributed by atoms with van der Waals surface area (Å²) in [6, 6.07) is 2.53. The van der Waals surface area contributed by atoms with E-state index >= 15 is 0 Å². The molecule has 0 aromatic rings. The van der Waals surface area contributed by atoms with Crippen LogP contribution in [-0.2, 0) is 0 Å². The highest BCUT2D eigenvalue weighted by atomic mass is 32.2. The molecule has 0 bridgehead atoms. The Morgan fingerprint density at radius 2 is 1.94 bits per heavy atom. The van der Waals surface area contributed by atoms with Crippen molar-refractivity contribution >= 4 is 11.8 Å². The summed E-state index contributed by atoms with van der Waals surface area (Å²) in [6.45, 7) is 0. The van der Waals surface area contributed by atoms with Crippen LogP contribution in [0.5, 0.6) is 0 Å². The Morgan fingerprint density at radius 1 is 1.25 bits per heavy atom. The average molecular weight is 238 g/mol. The summed E-state index contributed by atoms with van der Waals surface area (Å²) in [5.74, 6) is 1.59. The minimum Gasteiger partial charge on any atom is -0.302 e. The number of hydrogen-bond acceptors (Lipinski definition) is 3. The van der Waals surface area contributed by atoms with Gasteiger partial charge in [0.2, 0.25) is 0 Å². The molecule has 0 spiro atoms. The zero-order chi connectivity index (χ0) is 11.4. The summed E-state index contributed by atoms with van der Waals surface area (Å²) < 4.78 is 0. The summed E-state index contributed by atoms with van der Waals surface area (Å²) in [6.07, 6.45) is 9.38. The second-order valence-corrected chi connectivity index (χ2v) is 6.47. The molecule has 2 aliphatic carbocycles. The molecule has 2 saturated carbocycles. The predicted octanol–water partition coefficient (Wildman–Crippen LogP) is 2.94. The molecule has 0 aromatic heterocycles. The van der Waals surface area contributed by atoms with Gasteiger partial charge in [-0.15, -0.1) is 0 Å². The minimum absolute atomic E-state index is 0.234. The third kappa shape index (κ3) is 2.73. The van der Waals surface area contributed by atoms with Gasteiger partial charge in [0.05, 0.1) is 6.07 Å². The Bertz CT molecular complexity index is 264. The van der Waals surface area contributed by atoms with Gasteiger partial charge in [0, 0.05) is 11.0 Å². The molecule has 0 heterocycles. The number of rotatable bonds is 5. The van der Waals surface area contributed by atoms with E-state index in [1.807, 2.05) is 18.8 Å². The van der Waals surface area contributed by atoms with Crippen molar-refractivity contribution in [2.75, 3.05) is 12.8 Å². The van der Waals surface area contributed by atoms with Gasteiger partial charge in [-0.25, -0.2) is 0 Å². The summed E-state index contributed by atoms with van der Waals surface area (Å²) in [4.78, 5) is 0. The van der Waals surface area contributed by atoms with E-state index in [-0.39, 0.29) is 5.54 Å². The molecular weight excluding hydrogens is 216 g/mol. The summed E-state index contributed by atoms with van der Waals surface area (Å²) >= 11 is 2.04. The number of hydrogen-bond donors (Lipinski definition) is 1. The molecule has 2 rings (SSSR count). The van der Waals surface area contributed by atoms with E-state index in [4.69, 9.17) is 0 Å². The molecule has 0 aliphatic heterocycles. The van der Waals surface area contributed by atoms with Gasteiger partial charge in [0.25, 0.3) is 0 Å². The quantitative estimate of drug-likeness (QED) is 0.800. The van der Waals surface area contributed by atoms with E-state index in [0.29, 0.717) is 5.92 Å². The van der Waals surface area contributed by atoms with Crippen LogP contribution in [0.15, 0.2) is 0 Å². The molecule has 1 unspecified atom stereocenters. The lowest BCUT2D eigenvalue weighted by Crippen LogP contribution is -2.46.